The Hall–Kier alpha value is -0.870. The molecule has 4 heteroatoms. The molecule has 1 N–H and O–H groups in total. The zero-order chi connectivity index (χ0) is 14.0. The van der Waals surface area contributed by atoms with E-state index in [1.807, 2.05) is 0 Å². The Bertz CT molecular complexity index is 366. The van der Waals surface area contributed by atoms with Crippen molar-refractivity contribution in [1.29, 1.82) is 0 Å². The predicted molar refractivity (Wildman–Crippen MR) is 73.6 cm³/mol. The van der Waals surface area contributed by atoms with E-state index in [0.29, 0.717) is 24.8 Å². The number of hydrogen-bond acceptors (Lipinski definition) is 4. The van der Waals surface area contributed by atoms with E-state index in [2.05, 4.69) is 24.8 Å². The Morgan fingerprint density at radius 2 is 2.32 bits per heavy atom. The second-order valence-corrected chi connectivity index (χ2v) is 5.99. The second kappa shape index (κ2) is 6.06. The van der Waals surface area contributed by atoms with Gasteiger partial charge in [-0.1, -0.05) is 18.6 Å². The maximum absolute atomic E-state index is 11.8. The summed E-state index contributed by atoms with van der Waals surface area (Å²) in [5.41, 5.74) is 1.42. The van der Waals surface area contributed by atoms with Crippen LogP contribution in [0, 0.1) is 11.8 Å². The third-order valence-electron chi connectivity index (χ3n) is 4.65. The molecular weight excluding hydrogens is 242 g/mol. The van der Waals surface area contributed by atoms with Gasteiger partial charge in [-0.05, 0) is 31.6 Å². The molecule has 0 aromatic heterocycles. The van der Waals surface area contributed by atoms with Gasteiger partial charge >= 0.3 is 5.97 Å². The molecule has 1 aliphatic carbocycles. The average molecular weight is 267 g/mol. The highest BCUT2D eigenvalue weighted by Gasteiger charge is 2.38. The van der Waals surface area contributed by atoms with E-state index < -0.39 is 6.10 Å². The van der Waals surface area contributed by atoms with E-state index in [-0.39, 0.29) is 12.0 Å². The van der Waals surface area contributed by atoms with Gasteiger partial charge in [-0.2, -0.15) is 0 Å². The summed E-state index contributed by atoms with van der Waals surface area (Å²) < 4.78 is 4.85. The molecule has 0 radical (unpaired) electrons. The van der Waals surface area contributed by atoms with Crippen molar-refractivity contribution in [2.45, 2.75) is 45.3 Å². The third kappa shape index (κ3) is 3.18. The molecule has 1 heterocycles. The molecule has 2 rings (SSSR count). The summed E-state index contributed by atoms with van der Waals surface area (Å²) in [4.78, 5) is 13.9. The van der Waals surface area contributed by atoms with Crippen molar-refractivity contribution in [2.24, 2.45) is 11.8 Å². The quantitative estimate of drug-likeness (QED) is 0.623. The number of aliphatic hydroxyl groups excluding tert-OH is 1. The van der Waals surface area contributed by atoms with Crippen molar-refractivity contribution in [3.63, 3.8) is 0 Å². The molecule has 2 aliphatic rings. The maximum atomic E-state index is 11.8. The van der Waals surface area contributed by atoms with Crippen LogP contribution in [0.3, 0.4) is 0 Å². The number of allylic oxidation sites excluding steroid dienone is 1. The smallest absolute Gasteiger partial charge is 0.323 e. The Kier molecular flexibility index (Phi) is 4.63. The Morgan fingerprint density at radius 1 is 1.58 bits per heavy atom. The maximum Gasteiger partial charge on any atom is 0.323 e. The molecule has 1 saturated heterocycles. The van der Waals surface area contributed by atoms with Crippen LogP contribution in [0.25, 0.3) is 0 Å². The topological polar surface area (TPSA) is 49.8 Å². The number of ether oxygens (including phenoxy) is 1. The number of nitrogens with zero attached hydrogens (tertiary/aromatic N) is 1. The van der Waals surface area contributed by atoms with Crippen molar-refractivity contribution in [3.05, 3.63) is 11.6 Å². The lowest BCUT2D eigenvalue weighted by atomic mass is 9.79. The third-order valence-corrected chi connectivity index (χ3v) is 4.65. The van der Waals surface area contributed by atoms with Gasteiger partial charge in [0.05, 0.1) is 13.2 Å². The molecule has 0 aromatic rings. The van der Waals surface area contributed by atoms with Gasteiger partial charge in [0.15, 0.2) is 0 Å². The molecule has 0 saturated carbocycles. The fourth-order valence-electron chi connectivity index (χ4n) is 3.41. The lowest BCUT2D eigenvalue weighted by molar-refractivity contribution is -0.146. The molecule has 1 aliphatic heterocycles. The predicted octanol–water partition coefficient (Wildman–Crippen LogP) is 1.59. The first-order valence-electron chi connectivity index (χ1n) is 7.19. The number of carbonyl (C=O) groups excluding carboxylic acids is 1. The zero-order valence-corrected chi connectivity index (χ0v) is 12.1. The van der Waals surface area contributed by atoms with Crippen molar-refractivity contribution in [3.8, 4) is 0 Å². The molecule has 0 bridgehead atoms. The van der Waals surface area contributed by atoms with E-state index in [0.717, 1.165) is 13.0 Å². The summed E-state index contributed by atoms with van der Waals surface area (Å²) in [7, 11) is 1.42. The minimum atomic E-state index is -0.410. The van der Waals surface area contributed by atoms with E-state index in [9.17, 15) is 9.90 Å². The monoisotopic (exact) mass is 267 g/mol. The van der Waals surface area contributed by atoms with E-state index in [4.69, 9.17) is 4.74 Å². The number of aliphatic hydroxyl groups is 1. The van der Waals surface area contributed by atoms with Crippen LogP contribution in [0.15, 0.2) is 11.6 Å². The summed E-state index contributed by atoms with van der Waals surface area (Å²) in [6.07, 6.45) is 4.77. The molecule has 0 aromatic carbocycles. The van der Waals surface area contributed by atoms with E-state index in [1.54, 1.807) is 0 Å². The zero-order valence-electron chi connectivity index (χ0n) is 12.1. The molecule has 0 unspecified atom stereocenters. The van der Waals surface area contributed by atoms with Crippen LogP contribution < -0.4 is 0 Å². The second-order valence-electron chi connectivity index (χ2n) is 5.99. The van der Waals surface area contributed by atoms with Gasteiger partial charge in [-0.15, -0.1) is 0 Å². The summed E-state index contributed by atoms with van der Waals surface area (Å²) in [5.74, 6) is 0.911. The molecule has 4 atom stereocenters. The van der Waals surface area contributed by atoms with Gasteiger partial charge in [0, 0.05) is 19.5 Å². The Balaban J connectivity index is 2.06. The molecule has 0 spiro atoms. The van der Waals surface area contributed by atoms with E-state index >= 15 is 0 Å². The van der Waals surface area contributed by atoms with Crippen LogP contribution in [0.2, 0.25) is 0 Å². The highest BCUT2D eigenvalue weighted by molar-refractivity contribution is 5.76. The lowest BCUT2D eigenvalue weighted by Gasteiger charge is -2.34. The largest absolute Gasteiger partial charge is 0.468 e. The number of methoxy groups -OCH3 is 1. The number of likely N-dealkylation sites (tertiary alicyclic amines) is 1. The summed E-state index contributed by atoms with van der Waals surface area (Å²) in [5, 5.41) is 9.81. The minimum absolute atomic E-state index is 0.221. The lowest BCUT2D eigenvalue weighted by Crippen LogP contribution is -2.41. The van der Waals surface area contributed by atoms with Gasteiger partial charge in [0.2, 0.25) is 0 Å². The Labute approximate surface area is 115 Å². The number of carbonyl (C=O) groups is 1. The summed E-state index contributed by atoms with van der Waals surface area (Å²) in [6.45, 7) is 5.89. The van der Waals surface area contributed by atoms with Crippen LogP contribution in [0.4, 0.5) is 0 Å². The van der Waals surface area contributed by atoms with Crippen molar-refractivity contribution < 1.29 is 14.6 Å². The van der Waals surface area contributed by atoms with Crippen LogP contribution in [-0.2, 0) is 9.53 Å². The number of esters is 1. The van der Waals surface area contributed by atoms with Crippen molar-refractivity contribution >= 4 is 5.97 Å². The highest BCUT2D eigenvalue weighted by atomic mass is 16.5. The molecule has 108 valence electrons. The normalized spacial score (nSPS) is 36.1. The number of hydrogen-bond donors (Lipinski definition) is 1. The van der Waals surface area contributed by atoms with Crippen LogP contribution in [-0.4, -0.2) is 48.3 Å². The number of β-amino-alcohol motifs (C(OH)–C–C–N with tert-alkyl or cyclic N) is 1. The summed E-state index contributed by atoms with van der Waals surface area (Å²) in [6, 6.07) is -0.276. The molecule has 4 nitrogen and oxygen atoms in total. The SMILES string of the molecule is COC(=O)[C@@H]1C[C@H](O)CN1C[C@H]1C(C)=CCC[C@@H]1C. The molecule has 19 heavy (non-hydrogen) atoms. The molecule has 1 fully saturated rings. The van der Waals surface area contributed by atoms with Crippen molar-refractivity contribution in [2.75, 3.05) is 20.2 Å². The number of rotatable bonds is 3. The molecular formula is C15H25NO3. The molecule has 0 amide bonds. The Morgan fingerprint density at radius 3 is 2.95 bits per heavy atom. The van der Waals surface area contributed by atoms with Gasteiger partial charge in [0.1, 0.15) is 6.04 Å². The van der Waals surface area contributed by atoms with Crippen LogP contribution in [0.5, 0.6) is 0 Å². The average Bonchev–Trinajstić information content (AvgIpc) is 2.74. The van der Waals surface area contributed by atoms with Gasteiger partial charge in [-0.25, -0.2) is 0 Å². The van der Waals surface area contributed by atoms with Gasteiger partial charge < -0.3 is 9.84 Å². The fraction of sp³-hybridized carbons (Fsp3) is 0.800. The fourth-order valence-corrected chi connectivity index (χ4v) is 3.41. The first-order chi connectivity index (χ1) is 9.02. The van der Waals surface area contributed by atoms with Gasteiger partial charge in [0.25, 0.3) is 0 Å². The first-order valence-corrected chi connectivity index (χ1v) is 7.19. The summed E-state index contributed by atoms with van der Waals surface area (Å²) >= 11 is 0. The standard InChI is InChI=1S/C15H25NO3/c1-10-5-4-6-11(2)13(10)9-16-8-12(17)7-14(16)15(18)19-3/h5,11-14,17H,4,6-9H2,1-3H3/t11-,12-,13-,14-/m0/s1. The van der Waals surface area contributed by atoms with E-state index in [1.165, 1.54) is 19.1 Å². The first kappa shape index (κ1) is 14.5. The minimum Gasteiger partial charge on any atom is -0.468 e. The van der Waals surface area contributed by atoms with Gasteiger partial charge in [-0.3, -0.25) is 9.69 Å². The van der Waals surface area contributed by atoms with Crippen molar-refractivity contribution in [1.82, 2.24) is 4.90 Å². The van der Waals surface area contributed by atoms with Crippen LogP contribution in [0.1, 0.15) is 33.1 Å². The highest BCUT2D eigenvalue weighted by Crippen LogP contribution is 2.32. The van der Waals surface area contributed by atoms with Crippen LogP contribution >= 0.6 is 0 Å².